The van der Waals surface area contributed by atoms with Crippen LogP contribution in [0.5, 0.6) is 0 Å². The summed E-state index contributed by atoms with van der Waals surface area (Å²) in [6.45, 7) is 1.97. The lowest BCUT2D eigenvalue weighted by atomic mass is 10.2. The third-order valence-corrected chi connectivity index (χ3v) is 2.51. The highest BCUT2D eigenvalue weighted by Crippen LogP contribution is 2.18. The van der Waals surface area contributed by atoms with Crippen LogP contribution in [0.1, 0.15) is 5.56 Å². The van der Waals surface area contributed by atoms with Crippen molar-refractivity contribution in [2.24, 2.45) is 0 Å². The largest absolute Gasteiger partial charge is 0.375 e. The molecule has 0 atom stereocenters. The van der Waals surface area contributed by atoms with E-state index in [0.29, 0.717) is 13.2 Å². The molecule has 0 aliphatic heterocycles. The summed E-state index contributed by atoms with van der Waals surface area (Å²) in [5.74, 6) is -0.240. The molecule has 0 saturated carbocycles. The third-order valence-electron chi connectivity index (χ3n) is 1.77. The Kier molecular flexibility index (Phi) is 5.07. The lowest BCUT2D eigenvalue weighted by molar-refractivity contribution is 0.123. The predicted molar refractivity (Wildman–Crippen MR) is 57.7 cm³/mol. The summed E-state index contributed by atoms with van der Waals surface area (Å²) in [4.78, 5) is 0. The smallest absolute Gasteiger partial charge is 0.124 e. The highest BCUT2D eigenvalue weighted by Gasteiger charge is 2.00. The number of benzene rings is 1. The normalized spacial score (nSPS) is 10.5. The maximum absolute atomic E-state index is 12.7. The van der Waals surface area contributed by atoms with Gasteiger partial charge in [0.05, 0.1) is 13.2 Å². The fourth-order valence-corrected chi connectivity index (χ4v) is 1.46. The Labute approximate surface area is 91.6 Å². The third kappa shape index (κ3) is 3.74. The lowest BCUT2D eigenvalue weighted by Gasteiger charge is -2.05. The summed E-state index contributed by atoms with van der Waals surface area (Å²) >= 11 is 3.28. The fraction of sp³-hybridized carbons (Fsp3) is 0.400. The molecule has 1 rings (SSSR count). The second kappa shape index (κ2) is 6.11. The summed E-state index contributed by atoms with van der Waals surface area (Å²) in [7, 11) is 1.87. The average molecular weight is 262 g/mol. The van der Waals surface area contributed by atoms with Crippen molar-refractivity contribution in [2.45, 2.75) is 6.61 Å². The van der Waals surface area contributed by atoms with Crippen molar-refractivity contribution in [1.29, 1.82) is 0 Å². The van der Waals surface area contributed by atoms with Crippen molar-refractivity contribution in [2.75, 3.05) is 20.2 Å². The fourth-order valence-electron chi connectivity index (χ4n) is 0.995. The topological polar surface area (TPSA) is 21.3 Å². The lowest BCUT2D eigenvalue weighted by Crippen LogP contribution is -2.14. The monoisotopic (exact) mass is 261 g/mol. The molecule has 0 amide bonds. The molecule has 78 valence electrons. The van der Waals surface area contributed by atoms with E-state index in [2.05, 4.69) is 21.2 Å². The molecule has 14 heavy (non-hydrogen) atoms. The molecule has 0 heterocycles. The summed E-state index contributed by atoms with van der Waals surface area (Å²) in [5, 5.41) is 2.98. The van der Waals surface area contributed by atoms with Crippen LogP contribution >= 0.6 is 15.9 Å². The standard InChI is InChI=1S/C10H13BrFNO/c1-13-4-5-14-7-8-2-3-9(12)6-10(8)11/h2-3,6,13H,4-5,7H2,1H3. The van der Waals surface area contributed by atoms with Gasteiger partial charge in [0.2, 0.25) is 0 Å². The molecule has 0 aliphatic carbocycles. The van der Waals surface area contributed by atoms with Gasteiger partial charge < -0.3 is 10.1 Å². The Morgan fingerprint density at radius 3 is 2.93 bits per heavy atom. The average Bonchev–Trinajstić information content (AvgIpc) is 2.15. The molecule has 0 radical (unpaired) electrons. The molecule has 2 nitrogen and oxygen atoms in total. The summed E-state index contributed by atoms with van der Waals surface area (Å²) in [5.41, 5.74) is 0.961. The van der Waals surface area contributed by atoms with Crippen LogP contribution in [0.2, 0.25) is 0 Å². The van der Waals surface area contributed by atoms with E-state index in [9.17, 15) is 4.39 Å². The van der Waals surface area contributed by atoms with Crippen molar-refractivity contribution >= 4 is 15.9 Å². The first-order chi connectivity index (χ1) is 6.74. The molecule has 1 aromatic rings. The van der Waals surface area contributed by atoms with Gasteiger partial charge in [-0.15, -0.1) is 0 Å². The minimum absolute atomic E-state index is 0.240. The first-order valence-electron chi connectivity index (χ1n) is 4.40. The Bertz CT molecular complexity index is 293. The molecule has 0 bridgehead atoms. The maximum atomic E-state index is 12.7. The van der Waals surface area contributed by atoms with Crippen molar-refractivity contribution in [3.05, 3.63) is 34.1 Å². The van der Waals surface area contributed by atoms with Crippen molar-refractivity contribution in [3.8, 4) is 0 Å². The van der Waals surface area contributed by atoms with E-state index in [4.69, 9.17) is 4.74 Å². The van der Waals surface area contributed by atoms with Crippen LogP contribution < -0.4 is 5.32 Å². The van der Waals surface area contributed by atoms with Gasteiger partial charge in [-0.05, 0) is 24.7 Å². The van der Waals surface area contributed by atoms with Gasteiger partial charge in [0.15, 0.2) is 0 Å². The van der Waals surface area contributed by atoms with Gasteiger partial charge in [0, 0.05) is 11.0 Å². The van der Waals surface area contributed by atoms with Crippen molar-refractivity contribution in [1.82, 2.24) is 5.32 Å². The Morgan fingerprint density at radius 2 is 2.29 bits per heavy atom. The number of hydrogen-bond donors (Lipinski definition) is 1. The summed E-state index contributed by atoms with van der Waals surface area (Å²) < 4.78 is 18.8. The van der Waals surface area contributed by atoms with Crippen LogP contribution in [0.4, 0.5) is 4.39 Å². The number of likely N-dealkylation sites (N-methyl/N-ethyl adjacent to an activating group) is 1. The van der Waals surface area contributed by atoms with Gasteiger partial charge in [0.25, 0.3) is 0 Å². The number of hydrogen-bond acceptors (Lipinski definition) is 2. The quantitative estimate of drug-likeness (QED) is 0.822. The van der Waals surface area contributed by atoms with Gasteiger partial charge in [0.1, 0.15) is 5.82 Å². The molecule has 4 heteroatoms. The summed E-state index contributed by atoms with van der Waals surface area (Å²) in [6, 6.07) is 4.59. The van der Waals surface area contributed by atoms with Crippen LogP contribution in [-0.4, -0.2) is 20.2 Å². The number of halogens is 2. The van der Waals surface area contributed by atoms with Crippen molar-refractivity contribution in [3.63, 3.8) is 0 Å². The van der Waals surface area contributed by atoms with Crippen LogP contribution in [0.15, 0.2) is 22.7 Å². The Balaban J connectivity index is 2.42. The van der Waals surface area contributed by atoms with Crippen LogP contribution in [0.25, 0.3) is 0 Å². The molecule has 0 fully saturated rings. The Hall–Kier alpha value is -0.450. The molecular formula is C10H13BrFNO. The molecular weight excluding hydrogens is 249 g/mol. The highest BCUT2D eigenvalue weighted by molar-refractivity contribution is 9.10. The number of nitrogens with one attached hydrogen (secondary N) is 1. The molecule has 0 spiro atoms. The molecule has 0 saturated heterocycles. The van der Waals surface area contributed by atoms with E-state index in [-0.39, 0.29) is 5.82 Å². The van der Waals surface area contributed by atoms with Crippen molar-refractivity contribution < 1.29 is 9.13 Å². The zero-order valence-corrected chi connectivity index (χ0v) is 9.60. The van der Waals surface area contributed by atoms with E-state index in [0.717, 1.165) is 16.6 Å². The minimum Gasteiger partial charge on any atom is -0.375 e. The summed E-state index contributed by atoms with van der Waals surface area (Å²) in [6.07, 6.45) is 0. The molecule has 0 unspecified atom stereocenters. The van der Waals surface area contributed by atoms with E-state index >= 15 is 0 Å². The second-order valence-corrected chi connectivity index (χ2v) is 3.75. The van der Waals surface area contributed by atoms with Gasteiger partial charge >= 0.3 is 0 Å². The second-order valence-electron chi connectivity index (χ2n) is 2.89. The van der Waals surface area contributed by atoms with Crippen LogP contribution in [0, 0.1) is 5.82 Å². The van der Waals surface area contributed by atoms with Crippen LogP contribution in [0.3, 0.4) is 0 Å². The van der Waals surface area contributed by atoms with E-state index < -0.39 is 0 Å². The maximum Gasteiger partial charge on any atom is 0.124 e. The Morgan fingerprint density at radius 1 is 1.50 bits per heavy atom. The van der Waals surface area contributed by atoms with Gasteiger partial charge in [-0.2, -0.15) is 0 Å². The first kappa shape index (κ1) is 11.6. The van der Waals surface area contributed by atoms with Gasteiger partial charge in [-0.1, -0.05) is 22.0 Å². The van der Waals surface area contributed by atoms with Gasteiger partial charge in [-0.25, -0.2) is 4.39 Å². The predicted octanol–water partition coefficient (Wildman–Crippen LogP) is 2.32. The zero-order chi connectivity index (χ0) is 10.4. The molecule has 1 N–H and O–H groups in total. The molecule has 0 aliphatic rings. The van der Waals surface area contributed by atoms with Crippen LogP contribution in [-0.2, 0) is 11.3 Å². The zero-order valence-electron chi connectivity index (χ0n) is 8.02. The molecule has 0 aromatic heterocycles. The van der Waals surface area contributed by atoms with E-state index in [1.165, 1.54) is 12.1 Å². The SMILES string of the molecule is CNCCOCc1ccc(F)cc1Br. The van der Waals surface area contributed by atoms with E-state index in [1.54, 1.807) is 6.07 Å². The molecule has 1 aromatic carbocycles. The van der Waals surface area contributed by atoms with Gasteiger partial charge in [-0.3, -0.25) is 0 Å². The minimum atomic E-state index is -0.240. The number of rotatable bonds is 5. The first-order valence-corrected chi connectivity index (χ1v) is 5.19. The highest BCUT2D eigenvalue weighted by atomic mass is 79.9. The van der Waals surface area contributed by atoms with E-state index in [1.807, 2.05) is 7.05 Å². The number of ether oxygens (including phenoxy) is 1.